The van der Waals surface area contributed by atoms with Gasteiger partial charge in [0.15, 0.2) is 0 Å². The van der Waals surface area contributed by atoms with Crippen LogP contribution in [0.25, 0.3) is 0 Å². The fourth-order valence-electron chi connectivity index (χ4n) is 3.65. The van der Waals surface area contributed by atoms with Gasteiger partial charge in [-0.2, -0.15) is 0 Å². The van der Waals surface area contributed by atoms with Crippen LogP contribution >= 0.6 is 0 Å². The van der Waals surface area contributed by atoms with Gasteiger partial charge in [0.05, 0.1) is 5.92 Å². The molecule has 1 aliphatic carbocycles. The van der Waals surface area contributed by atoms with E-state index in [-0.39, 0.29) is 11.8 Å². The first kappa shape index (κ1) is 15.6. The van der Waals surface area contributed by atoms with E-state index in [4.69, 9.17) is 0 Å². The van der Waals surface area contributed by atoms with Crippen LogP contribution < -0.4 is 5.32 Å². The van der Waals surface area contributed by atoms with Gasteiger partial charge in [-0.05, 0) is 53.6 Å². The van der Waals surface area contributed by atoms with Crippen molar-refractivity contribution < 1.29 is 4.79 Å². The Kier molecular flexibility index (Phi) is 4.34. The zero-order chi connectivity index (χ0) is 17.1. The fraction of sp³-hybridized carbons (Fsp3) is 0.174. The van der Waals surface area contributed by atoms with E-state index >= 15 is 0 Å². The summed E-state index contributed by atoms with van der Waals surface area (Å²) in [4.78, 5) is 13.1. The highest BCUT2D eigenvalue weighted by Gasteiger charge is 2.23. The number of carbonyl (C=O) groups is 1. The molecule has 0 aliphatic heterocycles. The Bertz CT molecular complexity index is 832. The highest BCUT2D eigenvalue weighted by Crippen LogP contribution is 2.28. The summed E-state index contributed by atoms with van der Waals surface area (Å²) in [5, 5.41) is 3.13. The minimum absolute atomic E-state index is 0.00958. The average molecular weight is 327 g/mol. The van der Waals surface area contributed by atoms with E-state index in [1.165, 1.54) is 17.5 Å². The van der Waals surface area contributed by atoms with Gasteiger partial charge in [0.1, 0.15) is 0 Å². The SMILES string of the molecule is O=C(Nc1ccc2c(c1)CCC2)C(c1ccccc1)c1ccccc1. The Labute approximate surface area is 148 Å². The molecule has 1 aliphatic rings. The number of rotatable bonds is 4. The maximum atomic E-state index is 13.1. The summed E-state index contributed by atoms with van der Waals surface area (Å²) >= 11 is 0. The average Bonchev–Trinajstić information content (AvgIpc) is 3.11. The Morgan fingerprint density at radius 2 is 1.36 bits per heavy atom. The summed E-state index contributed by atoms with van der Waals surface area (Å²) in [6, 6.07) is 26.2. The van der Waals surface area contributed by atoms with Crippen LogP contribution in [-0.4, -0.2) is 5.91 Å². The summed E-state index contributed by atoms with van der Waals surface area (Å²) in [7, 11) is 0. The van der Waals surface area contributed by atoms with Crippen molar-refractivity contribution in [1.29, 1.82) is 0 Å². The molecule has 0 unspecified atom stereocenters. The van der Waals surface area contributed by atoms with Crippen LogP contribution in [0.5, 0.6) is 0 Å². The van der Waals surface area contributed by atoms with Crippen molar-refractivity contribution in [3.8, 4) is 0 Å². The van der Waals surface area contributed by atoms with Crippen molar-refractivity contribution in [2.24, 2.45) is 0 Å². The number of nitrogens with one attached hydrogen (secondary N) is 1. The number of hydrogen-bond acceptors (Lipinski definition) is 1. The molecule has 3 aromatic rings. The van der Waals surface area contributed by atoms with E-state index in [2.05, 4.69) is 17.4 Å². The lowest BCUT2D eigenvalue weighted by Gasteiger charge is -2.18. The first-order valence-corrected chi connectivity index (χ1v) is 8.84. The van der Waals surface area contributed by atoms with Gasteiger partial charge in [-0.15, -0.1) is 0 Å². The zero-order valence-electron chi connectivity index (χ0n) is 14.1. The second-order valence-corrected chi connectivity index (χ2v) is 6.58. The van der Waals surface area contributed by atoms with Crippen molar-refractivity contribution in [3.05, 3.63) is 101 Å². The van der Waals surface area contributed by atoms with Crippen molar-refractivity contribution in [2.45, 2.75) is 25.2 Å². The number of hydrogen-bond donors (Lipinski definition) is 1. The summed E-state index contributed by atoms with van der Waals surface area (Å²) in [5.74, 6) is -0.300. The molecular weight excluding hydrogens is 306 g/mol. The van der Waals surface area contributed by atoms with Crippen LogP contribution in [0.4, 0.5) is 5.69 Å². The molecule has 25 heavy (non-hydrogen) atoms. The lowest BCUT2D eigenvalue weighted by Crippen LogP contribution is -2.22. The third kappa shape index (κ3) is 3.34. The smallest absolute Gasteiger partial charge is 0.236 e. The van der Waals surface area contributed by atoms with E-state index in [9.17, 15) is 4.79 Å². The van der Waals surface area contributed by atoms with Gasteiger partial charge in [-0.25, -0.2) is 0 Å². The number of amides is 1. The first-order chi connectivity index (χ1) is 12.3. The molecule has 124 valence electrons. The van der Waals surface area contributed by atoms with E-state index in [0.29, 0.717) is 0 Å². The van der Waals surface area contributed by atoms with Gasteiger partial charge in [-0.1, -0.05) is 66.7 Å². The second-order valence-electron chi connectivity index (χ2n) is 6.58. The third-order valence-corrected chi connectivity index (χ3v) is 4.89. The minimum atomic E-state index is -0.310. The highest BCUT2D eigenvalue weighted by atomic mass is 16.1. The lowest BCUT2D eigenvalue weighted by atomic mass is 9.90. The van der Waals surface area contributed by atoms with Gasteiger partial charge >= 0.3 is 0 Å². The predicted molar refractivity (Wildman–Crippen MR) is 102 cm³/mol. The van der Waals surface area contributed by atoms with Gasteiger partial charge in [0.2, 0.25) is 5.91 Å². The van der Waals surface area contributed by atoms with Gasteiger partial charge in [0, 0.05) is 5.69 Å². The normalized spacial score (nSPS) is 12.8. The molecule has 0 bridgehead atoms. The minimum Gasteiger partial charge on any atom is -0.325 e. The third-order valence-electron chi connectivity index (χ3n) is 4.89. The molecule has 3 aromatic carbocycles. The van der Waals surface area contributed by atoms with E-state index in [1.807, 2.05) is 66.7 Å². The fourth-order valence-corrected chi connectivity index (χ4v) is 3.65. The quantitative estimate of drug-likeness (QED) is 0.722. The van der Waals surface area contributed by atoms with E-state index in [1.54, 1.807) is 0 Å². The molecule has 0 radical (unpaired) electrons. The Morgan fingerprint density at radius 1 is 0.760 bits per heavy atom. The Morgan fingerprint density at radius 3 is 2.00 bits per heavy atom. The molecule has 0 saturated carbocycles. The molecule has 2 heteroatoms. The monoisotopic (exact) mass is 327 g/mol. The predicted octanol–water partition coefficient (Wildman–Crippen LogP) is 4.95. The molecule has 0 fully saturated rings. The maximum absolute atomic E-state index is 13.1. The van der Waals surface area contributed by atoms with Crippen molar-refractivity contribution in [3.63, 3.8) is 0 Å². The van der Waals surface area contributed by atoms with Crippen LogP contribution in [0.15, 0.2) is 78.9 Å². The lowest BCUT2D eigenvalue weighted by molar-refractivity contribution is -0.116. The highest BCUT2D eigenvalue weighted by molar-refractivity contribution is 5.98. The number of fused-ring (bicyclic) bond motifs is 1. The van der Waals surface area contributed by atoms with Gasteiger partial charge in [-0.3, -0.25) is 4.79 Å². The zero-order valence-corrected chi connectivity index (χ0v) is 14.1. The molecule has 0 spiro atoms. The van der Waals surface area contributed by atoms with Crippen LogP contribution in [0.1, 0.15) is 34.6 Å². The number of carbonyl (C=O) groups excluding carboxylic acids is 1. The summed E-state index contributed by atoms with van der Waals surface area (Å²) in [6.07, 6.45) is 3.48. The van der Waals surface area contributed by atoms with Gasteiger partial charge < -0.3 is 5.32 Å². The molecular formula is C23H21NO. The van der Waals surface area contributed by atoms with Crippen LogP contribution in [0, 0.1) is 0 Å². The number of aryl methyl sites for hydroxylation is 2. The summed E-state index contributed by atoms with van der Waals surface area (Å²) < 4.78 is 0. The van der Waals surface area contributed by atoms with Gasteiger partial charge in [0.25, 0.3) is 0 Å². The topological polar surface area (TPSA) is 29.1 Å². The van der Waals surface area contributed by atoms with Crippen molar-refractivity contribution >= 4 is 11.6 Å². The van der Waals surface area contributed by atoms with Crippen LogP contribution in [0.3, 0.4) is 0 Å². The number of benzene rings is 3. The van der Waals surface area contributed by atoms with Crippen LogP contribution in [-0.2, 0) is 17.6 Å². The molecule has 0 heterocycles. The Balaban J connectivity index is 1.64. The maximum Gasteiger partial charge on any atom is 0.236 e. The molecule has 2 nitrogen and oxygen atoms in total. The van der Waals surface area contributed by atoms with E-state index < -0.39 is 0 Å². The summed E-state index contributed by atoms with van der Waals surface area (Å²) in [6.45, 7) is 0. The Hall–Kier alpha value is -2.87. The number of anilines is 1. The molecule has 4 rings (SSSR count). The molecule has 1 N–H and O–H groups in total. The first-order valence-electron chi connectivity index (χ1n) is 8.84. The largest absolute Gasteiger partial charge is 0.325 e. The second kappa shape index (κ2) is 6.94. The van der Waals surface area contributed by atoms with E-state index in [0.717, 1.165) is 29.7 Å². The molecule has 0 atom stereocenters. The summed E-state index contributed by atoms with van der Waals surface area (Å²) in [5.41, 5.74) is 5.69. The van der Waals surface area contributed by atoms with Crippen LogP contribution in [0.2, 0.25) is 0 Å². The standard InChI is InChI=1S/C23H21NO/c25-23(24-21-15-14-17-12-7-13-20(17)16-21)22(18-8-3-1-4-9-18)19-10-5-2-6-11-19/h1-6,8-11,14-16,22H,7,12-13H2,(H,24,25). The molecule has 0 saturated heterocycles. The molecule has 0 aromatic heterocycles. The molecule has 1 amide bonds. The van der Waals surface area contributed by atoms with Crippen molar-refractivity contribution in [1.82, 2.24) is 0 Å². The van der Waals surface area contributed by atoms with Crippen molar-refractivity contribution in [2.75, 3.05) is 5.32 Å².